The molecule has 0 aromatic heterocycles. The molecular formula is C18H34N4O7S. The average molecular weight is 451 g/mol. The van der Waals surface area contributed by atoms with Gasteiger partial charge in [0.2, 0.25) is 17.7 Å². The summed E-state index contributed by atoms with van der Waals surface area (Å²) >= 11 is 1.41. The highest BCUT2D eigenvalue weighted by Crippen LogP contribution is 2.06. The zero-order valence-electron chi connectivity index (χ0n) is 17.8. The molecule has 5 unspecified atom stereocenters. The number of hydrogen-bond donors (Lipinski definition) is 7. The van der Waals surface area contributed by atoms with Gasteiger partial charge < -0.3 is 37.0 Å². The van der Waals surface area contributed by atoms with Crippen molar-refractivity contribution in [2.45, 2.75) is 63.9 Å². The Kier molecular flexibility index (Phi) is 13.3. The van der Waals surface area contributed by atoms with Gasteiger partial charge in [-0.05, 0) is 37.7 Å². The predicted molar refractivity (Wildman–Crippen MR) is 113 cm³/mol. The summed E-state index contributed by atoms with van der Waals surface area (Å²) < 4.78 is 0. The molecule has 3 amide bonds. The third-order valence-electron chi connectivity index (χ3n) is 4.17. The Morgan fingerprint density at radius 1 is 0.967 bits per heavy atom. The second kappa shape index (κ2) is 14.2. The molecule has 0 aliphatic rings. The predicted octanol–water partition coefficient (Wildman–Crippen LogP) is -1.97. The first-order valence-electron chi connectivity index (χ1n) is 9.61. The number of nitrogens with one attached hydrogen (secondary N) is 3. The van der Waals surface area contributed by atoms with Crippen molar-refractivity contribution in [3.8, 4) is 0 Å². The first kappa shape index (κ1) is 28.1. The molecule has 0 saturated carbocycles. The van der Waals surface area contributed by atoms with Gasteiger partial charge in [-0.1, -0.05) is 13.8 Å². The lowest BCUT2D eigenvalue weighted by Gasteiger charge is -2.26. The Morgan fingerprint density at radius 2 is 1.53 bits per heavy atom. The summed E-state index contributed by atoms with van der Waals surface area (Å²) in [5.74, 6) is -3.02. The van der Waals surface area contributed by atoms with E-state index in [1.54, 1.807) is 6.26 Å². The van der Waals surface area contributed by atoms with Crippen LogP contribution < -0.4 is 21.7 Å². The third kappa shape index (κ3) is 10.2. The minimum absolute atomic E-state index is 0.151. The van der Waals surface area contributed by atoms with Gasteiger partial charge in [0.1, 0.15) is 18.1 Å². The number of aliphatic hydroxyl groups is 2. The highest BCUT2D eigenvalue weighted by atomic mass is 32.2. The fraction of sp³-hybridized carbons (Fsp3) is 0.778. The molecule has 0 radical (unpaired) electrons. The molecule has 0 aromatic rings. The van der Waals surface area contributed by atoms with Crippen LogP contribution in [0.3, 0.4) is 0 Å². The van der Waals surface area contributed by atoms with Gasteiger partial charge in [-0.25, -0.2) is 4.79 Å². The standard InChI is InChI=1S/C18H34N4O7S/c1-9(2)7-11(19)15(25)22-14(10(3)24)17(27)20-12(5-6-30-4)16(26)21-13(8-23)18(28)29/h9-14,23-24H,5-8,19H2,1-4H3,(H,20,27)(H,21,26)(H,22,25)(H,28,29). The quantitative estimate of drug-likeness (QED) is 0.157. The van der Waals surface area contributed by atoms with Crippen molar-refractivity contribution in [1.82, 2.24) is 16.0 Å². The van der Waals surface area contributed by atoms with E-state index >= 15 is 0 Å². The molecule has 0 aliphatic carbocycles. The van der Waals surface area contributed by atoms with Gasteiger partial charge in [-0.2, -0.15) is 11.8 Å². The molecule has 0 fully saturated rings. The van der Waals surface area contributed by atoms with E-state index in [1.807, 2.05) is 13.8 Å². The molecule has 12 heteroatoms. The van der Waals surface area contributed by atoms with Gasteiger partial charge in [-0.15, -0.1) is 0 Å². The minimum Gasteiger partial charge on any atom is -0.480 e. The van der Waals surface area contributed by atoms with E-state index in [-0.39, 0.29) is 12.3 Å². The van der Waals surface area contributed by atoms with Crippen LogP contribution >= 0.6 is 11.8 Å². The maximum atomic E-state index is 12.7. The summed E-state index contributed by atoms with van der Waals surface area (Å²) in [5, 5.41) is 35.0. The molecule has 0 heterocycles. The summed E-state index contributed by atoms with van der Waals surface area (Å²) in [6, 6.07) is -4.86. The van der Waals surface area contributed by atoms with Crippen molar-refractivity contribution >= 4 is 35.5 Å². The summed E-state index contributed by atoms with van der Waals surface area (Å²) in [4.78, 5) is 48.3. The molecule has 0 spiro atoms. The fourth-order valence-corrected chi connectivity index (χ4v) is 2.98. The Balaban J connectivity index is 5.28. The fourth-order valence-electron chi connectivity index (χ4n) is 2.50. The lowest BCUT2D eigenvalue weighted by molar-refractivity contribution is -0.143. The van der Waals surface area contributed by atoms with E-state index < -0.39 is 60.6 Å². The van der Waals surface area contributed by atoms with Gasteiger partial charge in [-0.3, -0.25) is 14.4 Å². The van der Waals surface area contributed by atoms with Crippen LogP contribution in [0.15, 0.2) is 0 Å². The van der Waals surface area contributed by atoms with Crippen LogP contribution in [-0.4, -0.2) is 87.9 Å². The Bertz CT molecular complexity index is 589. The van der Waals surface area contributed by atoms with Crippen molar-refractivity contribution in [3.05, 3.63) is 0 Å². The Labute approximate surface area is 180 Å². The van der Waals surface area contributed by atoms with Crippen LogP contribution in [0.25, 0.3) is 0 Å². The van der Waals surface area contributed by atoms with Gasteiger partial charge >= 0.3 is 5.97 Å². The van der Waals surface area contributed by atoms with Crippen LogP contribution in [0.2, 0.25) is 0 Å². The van der Waals surface area contributed by atoms with Gasteiger partial charge in [0.05, 0.1) is 18.8 Å². The van der Waals surface area contributed by atoms with Crippen molar-refractivity contribution in [2.24, 2.45) is 11.7 Å². The Morgan fingerprint density at radius 3 is 1.97 bits per heavy atom. The van der Waals surface area contributed by atoms with E-state index in [0.717, 1.165) is 0 Å². The van der Waals surface area contributed by atoms with Gasteiger partial charge in [0.15, 0.2) is 0 Å². The van der Waals surface area contributed by atoms with Crippen LogP contribution in [0.1, 0.15) is 33.6 Å². The zero-order valence-corrected chi connectivity index (χ0v) is 18.6. The highest BCUT2D eigenvalue weighted by Gasteiger charge is 2.32. The van der Waals surface area contributed by atoms with Crippen LogP contribution in [0.5, 0.6) is 0 Å². The number of aliphatic hydroxyl groups excluding tert-OH is 2. The maximum absolute atomic E-state index is 12.7. The molecule has 174 valence electrons. The molecule has 0 saturated heterocycles. The molecule has 8 N–H and O–H groups in total. The number of nitrogens with two attached hydrogens (primary N) is 1. The summed E-state index contributed by atoms with van der Waals surface area (Å²) in [5.41, 5.74) is 5.81. The van der Waals surface area contributed by atoms with Crippen molar-refractivity contribution in [1.29, 1.82) is 0 Å². The van der Waals surface area contributed by atoms with E-state index in [1.165, 1.54) is 18.7 Å². The lowest BCUT2D eigenvalue weighted by atomic mass is 10.0. The lowest BCUT2D eigenvalue weighted by Crippen LogP contribution is -2.60. The first-order valence-corrected chi connectivity index (χ1v) is 11.0. The molecule has 0 aliphatic heterocycles. The van der Waals surface area contributed by atoms with Crippen LogP contribution in [0, 0.1) is 5.92 Å². The molecule has 0 aromatic carbocycles. The molecular weight excluding hydrogens is 416 g/mol. The van der Waals surface area contributed by atoms with E-state index in [9.17, 15) is 24.3 Å². The van der Waals surface area contributed by atoms with Gasteiger partial charge in [0.25, 0.3) is 0 Å². The highest BCUT2D eigenvalue weighted by molar-refractivity contribution is 7.98. The smallest absolute Gasteiger partial charge is 0.328 e. The van der Waals surface area contributed by atoms with Crippen LogP contribution in [0.4, 0.5) is 0 Å². The van der Waals surface area contributed by atoms with Crippen molar-refractivity contribution in [2.75, 3.05) is 18.6 Å². The van der Waals surface area contributed by atoms with E-state index in [4.69, 9.17) is 15.9 Å². The second-order valence-corrected chi connectivity index (χ2v) is 8.37. The number of carboxylic acid groups (broad SMARTS) is 1. The molecule has 0 bridgehead atoms. The number of amides is 3. The zero-order chi connectivity index (χ0) is 23.4. The largest absolute Gasteiger partial charge is 0.480 e. The first-order chi connectivity index (χ1) is 13.9. The second-order valence-electron chi connectivity index (χ2n) is 7.39. The summed E-state index contributed by atoms with van der Waals surface area (Å²) in [7, 11) is 0. The molecule has 11 nitrogen and oxygen atoms in total. The monoisotopic (exact) mass is 450 g/mol. The Hall–Kier alpha value is -1.89. The van der Waals surface area contributed by atoms with Crippen molar-refractivity contribution in [3.63, 3.8) is 0 Å². The number of rotatable bonds is 14. The molecule has 5 atom stereocenters. The van der Waals surface area contributed by atoms with Crippen molar-refractivity contribution < 1.29 is 34.5 Å². The van der Waals surface area contributed by atoms with Gasteiger partial charge in [0, 0.05) is 0 Å². The number of carboxylic acids is 1. The average Bonchev–Trinajstić information content (AvgIpc) is 2.65. The summed E-state index contributed by atoms with van der Waals surface area (Å²) in [6.07, 6.45) is 1.08. The molecule has 0 rings (SSSR count). The minimum atomic E-state index is -1.52. The molecule has 30 heavy (non-hydrogen) atoms. The number of carbonyl (C=O) groups excluding carboxylic acids is 3. The topological polar surface area (TPSA) is 191 Å². The SMILES string of the molecule is CSCCC(NC(=O)C(NC(=O)C(N)CC(C)C)C(C)O)C(=O)NC(CO)C(=O)O. The van der Waals surface area contributed by atoms with E-state index in [2.05, 4.69) is 16.0 Å². The maximum Gasteiger partial charge on any atom is 0.328 e. The van der Waals surface area contributed by atoms with E-state index in [0.29, 0.717) is 12.2 Å². The summed E-state index contributed by atoms with van der Waals surface area (Å²) in [6.45, 7) is 4.27. The normalized spacial score (nSPS) is 16.1. The number of carbonyl (C=O) groups is 4. The third-order valence-corrected chi connectivity index (χ3v) is 4.81. The number of hydrogen-bond acceptors (Lipinski definition) is 8. The van der Waals surface area contributed by atoms with Crippen LogP contribution in [-0.2, 0) is 19.2 Å². The number of aliphatic carboxylic acids is 1. The number of thioether (sulfide) groups is 1.